The first-order valence-electron chi connectivity index (χ1n) is 2.89. The van der Waals surface area contributed by atoms with E-state index in [2.05, 4.69) is 10.6 Å². The van der Waals surface area contributed by atoms with Gasteiger partial charge < -0.3 is 10.6 Å². The topological polar surface area (TPSA) is 41.1 Å². The lowest BCUT2D eigenvalue weighted by Crippen LogP contribution is -2.35. The second-order valence-corrected chi connectivity index (χ2v) is 2.07. The molecule has 0 bridgehead atoms. The summed E-state index contributed by atoms with van der Waals surface area (Å²) in [6.45, 7) is 0.894. The van der Waals surface area contributed by atoms with Gasteiger partial charge in [-0.25, -0.2) is 4.39 Å². The second kappa shape index (κ2) is 2.77. The first-order valence-corrected chi connectivity index (χ1v) is 2.89. The van der Waals surface area contributed by atoms with Crippen LogP contribution in [-0.2, 0) is 4.79 Å². The van der Waals surface area contributed by atoms with Crippen LogP contribution < -0.4 is 10.6 Å². The van der Waals surface area contributed by atoms with Gasteiger partial charge in [-0.3, -0.25) is 4.79 Å². The summed E-state index contributed by atoms with van der Waals surface area (Å²) in [5, 5.41) is 5.19. The fourth-order valence-electron chi connectivity index (χ4n) is 0.898. The highest BCUT2D eigenvalue weighted by atomic mass is 19.1. The highest BCUT2D eigenvalue weighted by Crippen LogP contribution is 2.02. The average molecular weight is 132 g/mol. The maximum Gasteiger partial charge on any atom is 0.207 e. The highest BCUT2D eigenvalue weighted by Gasteiger charge is 2.25. The Balaban J connectivity index is 2.30. The Labute approximate surface area is 52.6 Å². The van der Waals surface area contributed by atoms with Crippen LogP contribution in [0.3, 0.4) is 0 Å². The smallest absolute Gasteiger partial charge is 0.207 e. The summed E-state index contributed by atoms with van der Waals surface area (Å²) in [6, 6.07) is -0.317. The number of rotatable bonds is 2. The zero-order chi connectivity index (χ0) is 6.69. The number of carbonyl (C=O) groups is 1. The van der Waals surface area contributed by atoms with Crippen LogP contribution in [0.1, 0.15) is 0 Å². The van der Waals surface area contributed by atoms with Crippen LogP contribution in [0.15, 0.2) is 0 Å². The predicted octanol–water partition coefficient (Wildman–Crippen LogP) is -0.958. The first-order chi connectivity index (χ1) is 4.34. The lowest BCUT2D eigenvalue weighted by Gasteiger charge is -2.07. The molecule has 1 fully saturated rings. The standard InChI is InChI=1S/C5H9FN2O/c6-4-1-7-2-5(4)8-3-9/h3-5,7H,1-2H2,(H,8,9)/t4-,5?/m0/s1. The fourth-order valence-corrected chi connectivity index (χ4v) is 0.898. The quantitative estimate of drug-likeness (QED) is 0.475. The van der Waals surface area contributed by atoms with Crippen molar-refractivity contribution in [3.8, 4) is 0 Å². The molecule has 1 saturated heterocycles. The molecule has 0 aromatic heterocycles. The number of hydrogen-bond donors (Lipinski definition) is 2. The molecule has 0 aromatic rings. The van der Waals surface area contributed by atoms with E-state index in [0.29, 0.717) is 19.5 Å². The Bertz CT molecular complexity index is 109. The van der Waals surface area contributed by atoms with Crippen molar-refractivity contribution in [2.45, 2.75) is 12.2 Å². The van der Waals surface area contributed by atoms with Crippen molar-refractivity contribution < 1.29 is 9.18 Å². The van der Waals surface area contributed by atoms with E-state index in [4.69, 9.17) is 0 Å². The van der Waals surface area contributed by atoms with E-state index in [0.717, 1.165) is 0 Å². The van der Waals surface area contributed by atoms with Gasteiger partial charge in [0.05, 0.1) is 6.04 Å². The van der Waals surface area contributed by atoms with Crippen molar-refractivity contribution in [1.29, 1.82) is 0 Å². The van der Waals surface area contributed by atoms with Crippen LogP contribution in [0, 0.1) is 0 Å². The summed E-state index contributed by atoms with van der Waals surface area (Å²) in [6.07, 6.45) is -0.389. The zero-order valence-corrected chi connectivity index (χ0v) is 4.93. The Hall–Kier alpha value is -0.640. The Kier molecular flexibility index (Phi) is 2.00. The minimum atomic E-state index is -0.921. The molecule has 1 aliphatic heterocycles. The molecule has 0 saturated carbocycles. The van der Waals surface area contributed by atoms with E-state index in [1.807, 2.05) is 0 Å². The maximum absolute atomic E-state index is 12.5. The third-order valence-corrected chi connectivity index (χ3v) is 1.42. The summed E-state index contributed by atoms with van der Waals surface area (Å²) in [5.74, 6) is 0. The molecule has 3 nitrogen and oxygen atoms in total. The number of halogens is 1. The first kappa shape index (κ1) is 6.48. The highest BCUT2D eigenvalue weighted by molar-refractivity contribution is 5.47. The number of nitrogens with one attached hydrogen (secondary N) is 2. The maximum atomic E-state index is 12.5. The van der Waals surface area contributed by atoms with Gasteiger partial charge in [-0.2, -0.15) is 0 Å². The van der Waals surface area contributed by atoms with Crippen LogP contribution in [-0.4, -0.2) is 31.7 Å². The molecule has 9 heavy (non-hydrogen) atoms. The SMILES string of the molecule is O=CNC1CNC[C@@H]1F. The van der Waals surface area contributed by atoms with E-state index in [9.17, 15) is 9.18 Å². The molecule has 1 rings (SSSR count). The average Bonchev–Trinajstić information content (AvgIpc) is 2.18. The second-order valence-electron chi connectivity index (χ2n) is 2.07. The van der Waals surface area contributed by atoms with Crippen molar-refractivity contribution in [3.05, 3.63) is 0 Å². The van der Waals surface area contributed by atoms with Crippen molar-refractivity contribution in [2.24, 2.45) is 0 Å². The third-order valence-electron chi connectivity index (χ3n) is 1.42. The Morgan fingerprint density at radius 1 is 1.67 bits per heavy atom. The molecule has 4 heteroatoms. The van der Waals surface area contributed by atoms with Gasteiger partial charge in [0, 0.05) is 13.1 Å². The monoisotopic (exact) mass is 132 g/mol. The molecule has 1 amide bonds. The molecule has 1 unspecified atom stereocenters. The Morgan fingerprint density at radius 3 is 2.89 bits per heavy atom. The van der Waals surface area contributed by atoms with E-state index >= 15 is 0 Å². The van der Waals surface area contributed by atoms with E-state index in [-0.39, 0.29) is 6.04 Å². The minimum absolute atomic E-state index is 0.317. The summed E-state index contributed by atoms with van der Waals surface area (Å²) >= 11 is 0. The summed E-state index contributed by atoms with van der Waals surface area (Å²) in [5.41, 5.74) is 0. The normalized spacial score (nSPS) is 34.3. The minimum Gasteiger partial charge on any atom is -0.352 e. The van der Waals surface area contributed by atoms with Crippen LogP contribution >= 0.6 is 0 Å². The third kappa shape index (κ3) is 1.38. The largest absolute Gasteiger partial charge is 0.352 e. The lowest BCUT2D eigenvalue weighted by atomic mass is 10.2. The molecule has 0 spiro atoms. The molecule has 1 heterocycles. The summed E-state index contributed by atoms with van der Waals surface area (Å²) in [4.78, 5) is 9.80. The van der Waals surface area contributed by atoms with Crippen molar-refractivity contribution in [1.82, 2.24) is 10.6 Å². The number of amides is 1. The van der Waals surface area contributed by atoms with E-state index in [1.54, 1.807) is 0 Å². The van der Waals surface area contributed by atoms with E-state index < -0.39 is 6.17 Å². The zero-order valence-electron chi connectivity index (χ0n) is 4.93. The van der Waals surface area contributed by atoms with Crippen LogP contribution in [0.5, 0.6) is 0 Å². The van der Waals surface area contributed by atoms with Crippen molar-refractivity contribution in [3.63, 3.8) is 0 Å². The van der Waals surface area contributed by atoms with Crippen molar-refractivity contribution in [2.75, 3.05) is 13.1 Å². The molecular weight excluding hydrogens is 123 g/mol. The molecule has 0 aromatic carbocycles. The van der Waals surface area contributed by atoms with Crippen LogP contribution in [0.25, 0.3) is 0 Å². The van der Waals surface area contributed by atoms with Crippen LogP contribution in [0.4, 0.5) is 4.39 Å². The molecule has 0 aliphatic carbocycles. The lowest BCUT2D eigenvalue weighted by molar-refractivity contribution is -0.110. The van der Waals surface area contributed by atoms with Gasteiger partial charge in [-0.1, -0.05) is 0 Å². The molecule has 1 aliphatic rings. The van der Waals surface area contributed by atoms with Gasteiger partial charge in [0.15, 0.2) is 0 Å². The number of alkyl halides is 1. The van der Waals surface area contributed by atoms with Crippen LogP contribution in [0.2, 0.25) is 0 Å². The number of carbonyl (C=O) groups excluding carboxylic acids is 1. The van der Waals surface area contributed by atoms with E-state index in [1.165, 1.54) is 0 Å². The fraction of sp³-hybridized carbons (Fsp3) is 0.800. The number of hydrogen-bond acceptors (Lipinski definition) is 2. The van der Waals surface area contributed by atoms with Gasteiger partial charge in [-0.15, -0.1) is 0 Å². The Morgan fingerprint density at radius 2 is 2.44 bits per heavy atom. The molecule has 2 N–H and O–H groups in total. The molecule has 2 atom stereocenters. The summed E-state index contributed by atoms with van der Waals surface area (Å²) in [7, 11) is 0. The van der Waals surface area contributed by atoms with Gasteiger partial charge in [0.25, 0.3) is 0 Å². The van der Waals surface area contributed by atoms with Gasteiger partial charge in [0.2, 0.25) is 6.41 Å². The predicted molar refractivity (Wildman–Crippen MR) is 30.8 cm³/mol. The van der Waals surface area contributed by atoms with Crippen molar-refractivity contribution >= 4 is 6.41 Å². The van der Waals surface area contributed by atoms with Gasteiger partial charge in [0.1, 0.15) is 6.17 Å². The van der Waals surface area contributed by atoms with Gasteiger partial charge in [-0.05, 0) is 0 Å². The molecular formula is C5H9FN2O. The van der Waals surface area contributed by atoms with Gasteiger partial charge >= 0.3 is 0 Å². The molecule has 0 radical (unpaired) electrons. The molecule has 52 valence electrons. The summed E-state index contributed by atoms with van der Waals surface area (Å²) < 4.78 is 12.5.